The van der Waals surface area contributed by atoms with Crippen LogP contribution in [0.3, 0.4) is 0 Å². The molecule has 33 heavy (non-hydrogen) atoms. The van der Waals surface area contributed by atoms with E-state index >= 15 is 0 Å². The number of hydrogen-bond donors (Lipinski definition) is 1. The van der Waals surface area contributed by atoms with Gasteiger partial charge >= 0.3 is 0 Å². The minimum atomic E-state index is -0.0957. The summed E-state index contributed by atoms with van der Waals surface area (Å²) < 4.78 is 1.95. The molecule has 3 aliphatic heterocycles. The molecule has 0 saturated carbocycles. The Morgan fingerprint density at radius 3 is 2.64 bits per heavy atom. The Kier molecular flexibility index (Phi) is 5.68. The Morgan fingerprint density at radius 1 is 1.12 bits per heavy atom. The van der Waals surface area contributed by atoms with Crippen LogP contribution in [0.25, 0.3) is 11.2 Å². The molecule has 5 heterocycles. The Bertz CT molecular complexity index is 1210. The lowest BCUT2D eigenvalue weighted by molar-refractivity contribution is -0.122. The van der Waals surface area contributed by atoms with Gasteiger partial charge in [0.25, 0.3) is 5.91 Å². The van der Waals surface area contributed by atoms with Gasteiger partial charge < -0.3 is 19.3 Å². The van der Waals surface area contributed by atoms with E-state index in [9.17, 15) is 9.90 Å². The third-order valence-corrected chi connectivity index (χ3v) is 6.81. The molecule has 0 radical (unpaired) electrons. The first kappa shape index (κ1) is 21.7. The predicted molar refractivity (Wildman–Crippen MR) is 129 cm³/mol. The highest BCUT2D eigenvalue weighted by Gasteiger charge is 2.25. The van der Waals surface area contributed by atoms with Crippen LogP contribution in [0.15, 0.2) is 60.4 Å². The van der Waals surface area contributed by atoms with E-state index in [0.29, 0.717) is 0 Å². The third-order valence-electron chi connectivity index (χ3n) is 6.81. The number of likely N-dealkylation sites (N-methyl/N-ethyl adjacent to an activating group) is 1. The lowest BCUT2D eigenvalue weighted by Gasteiger charge is -2.37. The van der Waals surface area contributed by atoms with Crippen molar-refractivity contribution in [2.75, 3.05) is 33.2 Å². The Labute approximate surface area is 194 Å². The fraction of sp³-hybridized carbons (Fsp3) is 0.385. The van der Waals surface area contributed by atoms with Gasteiger partial charge in [-0.15, -0.1) is 0 Å². The number of aromatic nitrogens is 2. The molecule has 1 unspecified atom stereocenters. The van der Waals surface area contributed by atoms with Crippen LogP contribution in [0.4, 0.5) is 0 Å². The van der Waals surface area contributed by atoms with Crippen LogP contribution in [0.2, 0.25) is 0 Å². The van der Waals surface area contributed by atoms with E-state index in [1.165, 1.54) is 0 Å². The van der Waals surface area contributed by atoms with Crippen molar-refractivity contribution < 1.29 is 9.90 Å². The van der Waals surface area contributed by atoms with Crippen LogP contribution >= 0.6 is 0 Å². The van der Waals surface area contributed by atoms with Crippen molar-refractivity contribution in [3.05, 3.63) is 77.2 Å². The average molecular weight is 446 g/mol. The van der Waals surface area contributed by atoms with Gasteiger partial charge in [-0.2, -0.15) is 0 Å². The van der Waals surface area contributed by atoms with Crippen molar-refractivity contribution >= 4 is 17.1 Å². The number of rotatable bonds is 3. The molecule has 7 nitrogen and oxygen atoms in total. The largest absolute Gasteiger partial charge is 0.392 e. The van der Waals surface area contributed by atoms with Gasteiger partial charge in [-0.3, -0.25) is 9.69 Å². The van der Waals surface area contributed by atoms with Crippen molar-refractivity contribution in [1.82, 2.24) is 24.1 Å². The first-order valence-corrected chi connectivity index (χ1v) is 11.6. The van der Waals surface area contributed by atoms with E-state index < -0.39 is 0 Å². The molecule has 5 rings (SSSR count). The van der Waals surface area contributed by atoms with Crippen molar-refractivity contribution in [2.24, 2.45) is 5.92 Å². The number of piperazine rings is 1. The SMILES string of the molecule is Cc1cn2cc(C3=CC(=O)N4C=C(N5CCN(C)CC5)C=CC4=CCC3C)cc(CO)c2n1. The minimum absolute atomic E-state index is 0.0498. The highest BCUT2D eigenvalue weighted by atomic mass is 16.3. The molecule has 1 saturated heterocycles. The molecule has 1 N–H and O–H groups in total. The van der Waals surface area contributed by atoms with Gasteiger partial charge in [-0.25, -0.2) is 4.98 Å². The molecule has 0 spiro atoms. The second kappa shape index (κ2) is 8.65. The van der Waals surface area contributed by atoms with Gasteiger partial charge in [0.1, 0.15) is 5.65 Å². The fourth-order valence-electron chi connectivity index (χ4n) is 4.81. The highest BCUT2D eigenvalue weighted by molar-refractivity contribution is 5.98. The van der Waals surface area contributed by atoms with E-state index in [1.54, 1.807) is 11.0 Å². The average Bonchev–Trinajstić information content (AvgIpc) is 3.20. The lowest BCUT2D eigenvalue weighted by Crippen LogP contribution is -2.44. The number of aliphatic hydroxyl groups is 1. The standard InChI is InChI=1S/C26H31N5O2/c1-18-4-5-22-6-7-23(29-10-8-28(3)9-11-29)16-31(22)25(33)13-24(18)20-12-21(17-32)26-27-19(2)14-30(26)15-20/h5-7,12-16,18,32H,4,8-11,17H2,1-3H3. The molecular formula is C26H31N5O2. The van der Waals surface area contributed by atoms with Gasteiger partial charge in [0, 0.05) is 62.1 Å². The molecule has 0 bridgehead atoms. The fourth-order valence-corrected chi connectivity index (χ4v) is 4.81. The zero-order chi connectivity index (χ0) is 23.1. The van der Waals surface area contributed by atoms with E-state index in [2.05, 4.69) is 47.0 Å². The summed E-state index contributed by atoms with van der Waals surface area (Å²) >= 11 is 0. The summed E-state index contributed by atoms with van der Waals surface area (Å²) in [7, 11) is 2.14. The zero-order valence-electron chi connectivity index (χ0n) is 19.5. The number of carbonyl (C=O) groups is 1. The van der Waals surface area contributed by atoms with Crippen molar-refractivity contribution in [1.29, 1.82) is 0 Å². The number of imidazole rings is 1. The van der Waals surface area contributed by atoms with Gasteiger partial charge in [-0.1, -0.05) is 13.0 Å². The number of pyridine rings is 1. The van der Waals surface area contributed by atoms with Gasteiger partial charge in [0.15, 0.2) is 0 Å². The lowest BCUT2D eigenvalue weighted by atomic mass is 9.89. The molecule has 2 aromatic heterocycles. The maximum Gasteiger partial charge on any atom is 0.255 e. The van der Waals surface area contributed by atoms with Gasteiger partial charge in [0.05, 0.1) is 18.0 Å². The molecule has 7 heteroatoms. The van der Waals surface area contributed by atoms with E-state index in [0.717, 1.165) is 72.0 Å². The summed E-state index contributed by atoms with van der Waals surface area (Å²) in [6.45, 7) is 7.95. The maximum atomic E-state index is 13.5. The van der Waals surface area contributed by atoms with Crippen LogP contribution in [-0.4, -0.2) is 68.3 Å². The van der Waals surface area contributed by atoms with Crippen molar-refractivity contribution in [2.45, 2.75) is 26.9 Å². The normalized spacial score (nSPS) is 22.0. The topological polar surface area (TPSA) is 64.3 Å². The first-order valence-electron chi connectivity index (χ1n) is 11.6. The monoisotopic (exact) mass is 445 g/mol. The molecule has 172 valence electrons. The third kappa shape index (κ3) is 4.14. The number of fused-ring (bicyclic) bond motifs is 2. The molecule has 1 atom stereocenters. The number of hydrogen-bond acceptors (Lipinski definition) is 5. The van der Waals surface area contributed by atoms with Crippen LogP contribution < -0.4 is 0 Å². The summed E-state index contributed by atoms with van der Waals surface area (Å²) in [5.41, 5.74) is 6.34. The molecule has 2 aromatic rings. The zero-order valence-corrected chi connectivity index (χ0v) is 19.5. The Morgan fingerprint density at radius 2 is 1.88 bits per heavy atom. The molecule has 1 amide bonds. The second-order valence-electron chi connectivity index (χ2n) is 9.28. The number of nitrogens with zero attached hydrogens (tertiary/aromatic N) is 5. The number of aliphatic hydroxyl groups excluding tert-OH is 1. The van der Waals surface area contributed by atoms with Crippen LogP contribution in [0, 0.1) is 12.8 Å². The quantitative estimate of drug-likeness (QED) is 0.787. The number of amides is 1. The van der Waals surface area contributed by atoms with Crippen LogP contribution in [-0.2, 0) is 11.4 Å². The molecule has 3 aliphatic rings. The Hall–Kier alpha value is -3.16. The molecular weight excluding hydrogens is 414 g/mol. The summed E-state index contributed by atoms with van der Waals surface area (Å²) in [4.78, 5) is 24.4. The molecule has 0 aromatic carbocycles. The summed E-state index contributed by atoms with van der Waals surface area (Å²) in [6, 6.07) is 1.96. The molecule has 0 aliphatic carbocycles. The summed E-state index contributed by atoms with van der Waals surface area (Å²) in [6.07, 6.45) is 14.9. The minimum Gasteiger partial charge on any atom is -0.392 e. The maximum absolute atomic E-state index is 13.5. The van der Waals surface area contributed by atoms with Crippen molar-refractivity contribution in [3.63, 3.8) is 0 Å². The van der Waals surface area contributed by atoms with E-state index in [1.807, 2.05) is 36.0 Å². The first-order chi connectivity index (χ1) is 15.9. The van der Waals surface area contributed by atoms with Crippen LogP contribution in [0.1, 0.15) is 30.2 Å². The van der Waals surface area contributed by atoms with Gasteiger partial charge in [0.2, 0.25) is 0 Å². The number of allylic oxidation sites excluding steroid dienone is 4. The van der Waals surface area contributed by atoms with E-state index in [-0.39, 0.29) is 18.4 Å². The Balaban J connectivity index is 1.50. The van der Waals surface area contributed by atoms with Gasteiger partial charge in [-0.05, 0) is 55.7 Å². The van der Waals surface area contributed by atoms with E-state index in [4.69, 9.17) is 0 Å². The number of aryl methyl sites for hydroxylation is 1. The second-order valence-corrected chi connectivity index (χ2v) is 9.28. The van der Waals surface area contributed by atoms with Crippen molar-refractivity contribution in [3.8, 4) is 0 Å². The summed E-state index contributed by atoms with van der Waals surface area (Å²) in [5, 5.41) is 9.93. The predicted octanol–water partition coefficient (Wildman–Crippen LogP) is 2.93. The smallest absolute Gasteiger partial charge is 0.255 e. The molecule has 1 fully saturated rings. The summed E-state index contributed by atoms with van der Waals surface area (Å²) in [5.74, 6) is 0.111. The number of carbonyl (C=O) groups excluding carboxylic acids is 1. The van der Waals surface area contributed by atoms with Crippen LogP contribution in [0.5, 0.6) is 0 Å². The highest BCUT2D eigenvalue weighted by Crippen LogP contribution is 2.32.